The molecule has 2 aliphatic rings. The number of rotatable bonds is 4. The summed E-state index contributed by atoms with van der Waals surface area (Å²) in [5, 5.41) is 0. The Hall–Kier alpha value is -1.30. The van der Waals surface area contributed by atoms with Crippen molar-refractivity contribution in [2.45, 2.75) is 37.8 Å². The van der Waals surface area contributed by atoms with E-state index in [0.717, 1.165) is 49.4 Å². The summed E-state index contributed by atoms with van der Waals surface area (Å²) in [6, 6.07) is 6.12. The molecule has 0 aromatic heterocycles. The predicted molar refractivity (Wildman–Crippen MR) is 75.7 cm³/mol. The molecule has 1 aromatic carbocycles. The van der Waals surface area contributed by atoms with Gasteiger partial charge in [-0.1, -0.05) is 6.07 Å². The smallest absolute Gasteiger partial charge is 0.161 e. The Morgan fingerprint density at radius 1 is 1.15 bits per heavy atom. The Labute approximate surface area is 119 Å². The summed E-state index contributed by atoms with van der Waals surface area (Å²) in [7, 11) is 0. The fourth-order valence-corrected chi connectivity index (χ4v) is 2.79. The van der Waals surface area contributed by atoms with Gasteiger partial charge < -0.3 is 14.2 Å². The molecule has 3 N–H and O–H groups in total. The second-order valence-electron chi connectivity index (χ2n) is 5.35. The first-order valence-electron chi connectivity index (χ1n) is 7.34. The number of hydrazine groups is 1. The lowest BCUT2D eigenvalue weighted by molar-refractivity contribution is 0.0945. The molecule has 1 aromatic rings. The first-order valence-corrected chi connectivity index (χ1v) is 7.34. The van der Waals surface area contributed by atoms with Crippen molar-refractivity contribution in [1.29, 1.82) is 0 Å². The number of nitrogens with one attached hydrogen (secondary N) is 1. The Morgan fingerprint density at radius 3 is 2.75 bits per heavy atom. The van der Waals surface area contributed by atoms with Crippen LogP contribution in [0.3, 0.4) is 0 Å². The van der Waals surface area contributed by atoms with Crippen LogP contribution in [0.2, 0.25) is 0 Å². The highest BCUT2D eigenvalue weighted by molar-refractivity contribution is 5.44. The van der Waals surface area contributed by atoms with Crippen molar-refractivity contribution in [3.05, 3.63) is 23.8 Å². The molecule has 0 amide bonds. The predicted octanol–water partition coefficient (Wildman–Crippen LogP) is 1.92. The van der Waals surface area contributed by atoms with E-state index in [2.05, 4.69) is 5.43 Å². The fraction of sp³-hybridized carbons (Fsp3) is 0.600. The zero-order valence-corrected chi connectivity index (χ0v) is 11.6. The van der Waals surface area contributed by atoms with Crippen molar-refractivity contribution < 1.29 is 14.2 Å². The van der Waals surface area contributed by atoms with Crippen LogP contribution in [0.1, 0.15) is 37.3 Å². The third-order valence-corrected chi connectivity index (χ3v) is 3.90. The Bertz CT molecular complexity index is 447. The number of benzene rings is 1. The molecule has 1 fully saturated rings. The summed E-state index contributed by atoms with van der Waals surface area (Å²) in [5.74, 6) is 7.34. The van der Waals surface area contributed by atoms with Gasteiger partial charge in [-0.3, -0.25) is 11.3 Å². The van der Waals surface area contributed by atoms with E-state index in [1.807, 2.05) is 18.2 Å². The van der Waals surface area contributed by atoms with E-state index in [-0.39, 0.29) is 6.04 Å². The van der Waals surface area contributed by atoms with E-state index in [1.54, 1.807) is 0 Å². The van der Waals surface area contributed by atoms with Crippen molar-refractivity contribution in [2.75, 3.05) is 19.8 Å². The van der Waals surface area contributed by atoms with Gasteiger partial charge in [-0.05, 0) is 37.0 Å². The van der Waals surface area contributed by atoms with Gasteiger partial charge in [0.2, 0.25) is 0 Å². The van der Waals surface area contributed by atoms with Gasteiger partial charge >= 0.3 is 0 Å². The van der Waals surface area contributed by atoms with Crippen molar-refractivity contribution in [1.82, 2.24) is 5.43 Å². The quantitative estimate of drug-likeness (QED) is 0.650. The van der Waals surface area contributed by atoms with Crippen molar-refractivity contribution in [3.8, 4) is 11.5 Å². The number of hydrogen-bond acceptors (Lipinski definition) is 5. The monoisotopic (exact) mass is 278 g/mol. The van der Waals surface area contributed by atoms with Crippen LogP contribution in [0.25, 0.3) is 0 Å². The van der Waals surface area contributed by atoms with Crippen molar-refractivity contribution in [3.63, 3.8) is 0 Å². The van der Waals surface area contributed by atoms with E-state index in [4.69, 9.17) is 20.1 Å². The van der Waals surface area contributed by atoms with Crippen molar-refractivity contribution in [2.24, 2.45) is 5.84 Å². The van der Waals surface area contributed by atoms with Gasteiger partial charge in [-0.2, -0.15) is 0 Å². The zero-order valence-electron chi connectivity index (χ0n) is 11.6. The summed E-state index contributed by atoms with van der Waals surface area (Å²) < 4.78 is 17.1. The highest BCUT2D eigenvalue weighted by Gasteiger charge is 2.22. The molecule has 0 spiro atoms. The molecular formula is C15H22N2O3. The maximum Gasteiger partial charge on any atom is 0.161 e. The van der Waals surface area contributed by atoms with Gasteiger partial charge in [0.15, 0.2) is 11.5 Å². The molecule has 2 heterocycles. The Balaban J connectivity index is 1.75. The minimum absolute atomic E-state index is 0.0789. The van der Waals surface area contributed by atoms with E-state index < -0.39 is 0 Å². The molecule has 2 aliphatic heterocycles. The molecule has 20 heavy (non-hydrogen) atoms. The second kappa shape index (κ2) is 6.43. The second-order valence-corrected chi connectivity index (χ2v) is 5.35. The van der Waals surface area contributed by atoms with Crippen LogP contribution < -0.4 is 20.7 Å². The maximum atomic E-state index is 5.73. The summed E-state index contributed by atoms with van der Waals surface area (Å²) in [4.78, 5) is 0. The lowest BCUT2D eigenvalue weighted by Crippen LogP contribution is -2.30. The number of nitrogens with two attached hydrogens (primary N) is 1. The zero-order chi connectivity index (χ0) is 13.8. The van der Waals surface area contributed by atoms with E-state index in [1.165, 1.54) is 0 Å². The van der Waals surface area contributed by atoms with Crippen LogP contribution in [-0.2, 0) is 4.74 Å². The number of ether oxygens (including phenoxy) is 3. The molecule has 2 atom stereocenters. The molecule has 5 nitrogen and oxygen atoms in total. The summed E-state index contributed by atoms with van der Waals surface area (Å²) in [5.41, 5.74) is 4.01. The molecule has 110 valence electrons. The minimum Gasteiger partial charge on any atom is -0.490 e. The average Bonchev–Trinajstić information content (AvgIpc) is 2.87. The molecule has 0 bridgehead atoms. The normalized spacial score (nSPS) is 23.4. The average molecular weight is 278 g/mol. The topological polar surface area (TPSA) is 65.7 Å². The molecule has 1 saturated heterocycles. The molecule has 0 radical (unpaired) electrons. The van der Waals surface area contributed by atoms with E-state index in [9.17, 15) is 0 Å². The van der Waals surface area contributed by atoms with E-state index in [0.29, 0.717) is 19.3 Å². The van der Waals surface area contributed by atoms with Crippen LogP contribution in [0.15, 0.2) is 18.2 Å². The van der Waals surface area contributed by atoms with Gasteiger partial charge in [0, 0.05) is 19.1 Å². The van der Waals surface area contributed by atoms with Crippen LogP contribution in [0, 0.1) is 0 Å². The third kappa shape index (κ3) is 3.06. The minimum atomic E-state index is 0.0789. The van der Waals surface area contributed by atoms with Gasteiger partial charge in [-0.15, -0.1) is 0 Å². The summed E-state index contributed by atoms with van der Waals surface area (Å²) in [6.07, 6.45) is 4.35. The maximum absolute atomic E-state index is 5.73. The lowest BCUT2D eigenvalue weighted by Gasteiger charge is -2.21. The highest BCUT2D eigenvalue weighted by atomic mass is 16.5. The largest absolute Gasteiger partial charge is 0.490 e. The van der Waals surface area contributed by atoms with Gasteiger partial charge in [-0.25, -0.2) is 0 Å². The number of hydrogen-bond donors (Lipinski definition) is 2. The van der Waals surface area contributed by atoms with E-state index >= 15 is 0 Å². The van der Waals surface area contributed by atoms with Crippen LogP contribution in [0.4, 0.5) is 0 Å². The van der Waals surface area contributed by atoms with Crippen LogP contribution >= 0.6 is 0 Å². The molecule has 3 rings (SSSR count). The van der Waals surface area contributed by atoms with Gasteiger partial charge in [0.1, 0.15) is 0 Å². The summed E-state index contributed by atoms with van der Waals surface area (Å²) in [6.45, 7) is 2.27. The van der Waals surface area contributed by atoms with Crippen LogP contribution in [-0.4, -0.2) is 25.9 Å². The van der Waals surface area contributed by atoms with Gasteiger partial charge in [0.05, 0.1) is 19.3 Å². The standard InChI is InChI=1S/C15H22N2O3/c16-17-13(10-12-3-1-6-18-12)11-4-5-14-15(9-11)20-8-2-7-19-14/h4-5,9,12-13,17H,1-3,6-8,10,16H2. The molecule has 5 heteroatoms. The fourth-order valence-electron chi connectivity index (χ4n) is 2.79. The SMILES string of the molecule is NNC(CC1CCCO1)c1ccc2c(c1)OCCCO2. The third-order valence-electron chi connectivity index (χ3n) is 3.90. The van der Waals surface area contributed by atoms with Crippen molar-refractivity contribution >= 4 is 0 Å². The first-order chi connectivity index (χ1) is 9.86. The molecular weight excluding hydrogens is 256 g/mol. The Morgan fingerprint density at radius 2 is 2.00 bits per heavy atom. The highest BCUT2D eigenvalue weighted by Crippen LogP contribution is 2.34. The molecule has 2 unspecified atom stereocenters. The Kier molecular flexibility index (Phi) is 4.40. The lowest BCUT2D eigenvalue weighted by atomic mass is 9.99. The molecule has 0 aliphatic carbocycles. The van der Waals surface area contributed by atoms with Gasteiger partial charge in [0.25, 0.3) is 0 Å². The summed E-state index contributed by atoms with van der Waals surface area (Å²) >= 11 is 0. The van der Waals surface area contributed by atoms with Crippen LogP contribution in [0.5, 0.6) is 11.5 Å². The number of fused-ring (bicyclic) bond motifs is 1. The molecule has 0 saturated carbocycles. The first kappa shape index (κ1) is 13.7.